The van der Waals surface area contributed by atoms with Gasteiger partial charge in [-0.15, -0.1) is 0 Å². The van der Waals surface area contributed by atoms with Gasteiger partial charge in [-0.05, 0) is 41.9 Å². The number of nitrogens with two attached hydrogens (primary N) is 1. The first-order valence-corrected chi connectivity index (χ1v) is 6.64. The van der Waals surface area contributed by atoms with Crippen LogP contribution < -0.4 is 11.1 Å². The zero-order valence-electron chi connectivity index (χ0n) is 11.0. The first-order valence-electron chi connectivity index (χ1n) is 6.26. The fraction of sp³-hybridized carbons (Fsp3) is 0. The van der Waals surface area contributed by atoms with Crippen molar-refractivity contribution in [1.82, 2.24) is 9.97 Å². The van der Waals surface area contributed by atoms with E-state index in [2.05, 4.69) is 15.3 Å². The predicted octanol–water partition coefficient (Wildman–Crippen LogP) is 3.61. The molecule has 1 heterocycles. The average molecular weight is 298 g/mol. The minimum atomic E-state index is 0.180. The van der Waals surface area contributed by atoms with E-state index in [1.807, 2.05) is 30.3 Å². The molecule has 0 amide bonds. The van der Waals surface area contributed by atoms with Crippen LogP contribution in [0.2, 0.25) is 5.28 Å². The number of benzene rings is 2. The second-order valence-electron chi connectivity index (χ2n) is 4.47. The van der Waals surface area contributed by atoms with E-state index in [9.17, 15) is 0 Å². The van der Waals surface area contributed by atoms with E-state index in [4.69, 9.17) is 22.7 Å². The van der Waals surface area contributed by atoms with Crippen LogP contribution >= 0.6 is 11.6 Å². The fourth-order valence-electron chi connectivity index (χ4n) is 2.06. The molecular formula is C15H12ClN5. The molecule has 2 aromatic carbocycles. The Morgan fingerprint density at radius 1 is 1.14 bits per heavy atom. The average Bonchev–Trinajstić information content (AvgIpc) is 2.49. The number of aromatic nitrogens is 2. The number of nitrogen functional groups attached to an aromatic ring is 1. The molecule has 1 aromatic heterocycles. The molecule has 0 spiro atoms. The number of hydrogen-bond donors (Lipinski definition) is 3. The van der Waals surface area contributed by atoms with Crippen molar-refractivity contribution in [2.24, 2.45) is 0 Å². The van der Waals surface area contributed by atoms with Gasteiger partial charge in [-0.2, -0.15) is 4.98 Å². The number of anilines is 3. The maximum atomic E-state index is 7.35. The normalized spacial score (nSPS) is 10.5. The van der Waals surface area contributed by atoms with E-state index < -0.39 is 0 Å². The van der Waals surface area contributed by atoms with Crippen LogP contribution in [-0.4, -0.2) is 16.2 Å². The largest absolute Gasteiger partial charge is 0.398 e. The third kappa shape index (κ3) is 2.64. The maximum Gasteiger partial charge on any atom is 0.224 e. The second-order valence-corrected chi connectivity index (χ2v) is 4.81. The molecule has 0 aliphatic rings. The molecule has 4 N–H and O–H groups in total. The van der Waals surface area contributed by atoms with Gasteiger partial charge >= 0.3 is 0 Å². The van der Waals surface area contributed by atoms with Crippen LogP contribution in [0, 0.1) is 5.41 Å². The SMILES string of the molecule is N=Cc1cc(Nc2nc(Cl)nc3ccccc23)ccc1N. The number of halogens is 1. The molecule has 0 fully saturated rings. The van der Waals surface area contributed by atoms with E-state index >= 15 is 0 Å². The first kappa shape index (κ1) is 13.3. The zero-order chi connectivity index (χ0) is 14.8. The maximum absolute atomic E-state index is 7.35. The van der Waals surface area contributed by atoms with Crippen LogP contribution in [0.1, 0.15) is 5.56 Å². The van der Waals surface area contributed by atoms with Crippen LogP contribution in [-0.2, 0) is 0 Å². The Labute approximate surface area is 126 Å². The summed E-state index contributed by atoms with van der Waals surface area (Å²) in [6, 6.07) is 13.0. The fourth-order valence-corrected chi connectivity index (χ4v) is 2.23. The van der Waals surface area contributed by atoms with Crippen LogP contribution in [0.3, 0.4) is 0 Å². The molecule has 3 rings (SSSR count). The van der Waals surface area contributed by atoms with Crippen molar-refractivity contribution in [3.63, 3.8) is 0 Å². The lowest BCUT2D eigenvalue weighted by atomic mass is 10.1. The van der Waals surface area contributed by atoms with Gasteiger partial charge in [0.2, 0.25) is 5.28 Å². The number of nitrogens with zero attached hydrogens (tertiary/aromatic N) is 2. The minimum Gasteiger partial charge on any atom is -0.398 e. The molecule has 0 saturated carbocycles. The van der Waals surface area contributed by atoms with Gasteiger partial charge in [-0.25, -0.2) is 4.98 Å². The molecular weight excluding hydrogens is 286 g/mol. The van der Waals surface area contributed by atoms with Crippen molar-refractivity contribution in [2.45, 2.75) is 0 Å². The van der Waals surface area contributed by atoms with Crippen molar-refractivity contribution in [3.05, 3.63) is 53.3 Å². The smallest absolute Gasteiger partial charge is 0.224 e. The van der Waals surface area contributed by atoms with Crippen molar-refractivity contribution < 1.29 is 0 Å². The van der Waals surface area contributed by atoms with Crippen molar-refractivity contribution in [1.29, 1.82) is 5.41 Å². The monoisotopic (exact) mass is 297 g/mol. The summed E-state index contributed by atoms with van der Waals surface area (Å²) in [6.07, 6.45) is 1.21. The quantitative estimate of drug-likeness (QED) is 0.391. The van der Waals surface area contributed by atoms with Crippen molar-refractivity contribution >= 4 is 45.9 Å². The second kappa shape index (κ2) is 5.38. The van der Waals surface area contributed by atoms with Gasteiger partial charge in [0, 0.05) is 28.5 Å². The third-order valence-electron chi connectivity index (χ3n) is 3.08. The summed E-state index contributed by atoms with van der Waals surface area (Å²) < 4.78 is 0. The highest BCUT2D eigenvalue weighted by molar-refractivity contribution is 6.28. The summed E-state index contributed by atoms with van der Waals surface area (Å²) in [5, 5.41) is 11.6. The van der Waals surface area contributed by atoms with Gasteiger partial charge in [-0.1, -0.05) is 12.1 Å². The molecule has 0 radical (unpaired) electrons. The molecule has 6 heteroatoms. The lowest BCUT2D eigenvalue weighted by Gasteiger charge is -2.10. The van der Waals surface area contributed by atoms with Crippen LogP contribution in [0.4, 0.5) is 17.2 Å². The molecule has 0 atom stereocenters. The molecule has 0 saturated heterocycles. The predicted molar refractivity (Wildman–Crippen MR) is 86.6 cm³/mol. The molecule has 0 unspecified atom stereocenters. The van der Waals surface area contributed by atoms with Crippen molar-refractivity contribution in [3.8, 4) is 0 Å². The summed E-state index contributed by atoms with van der Waals surface area (Å²) in [6.45, 7) is 0. The molecule has 104 valence electrons. The van der Waals surface area contributed by atoms with Crippen molar-refractivity contribution in [2.75, 3.05) is 11.1 Å². The molecule has 0 bridgehead atoms. The van der Waals surface area contributed by atoms with E-state index in [0.29, 0.717) is 17.1 Å². The van der Waals surface area contributed by atoms with Gasteiger partial charge < -0.3 is 16.5 Å². The van der Waals surface area contributed by atoms with E-state index in [0.717, 1.165) is 16.6 Å². The number of hydrogen-bond acceptors (Lipinski definition) is 5. The lowest BCUT2D eigenvalue weighted by molar-refractivity contribution is 1.22. The molecule has 3 aromatic rings. The summed E-state index contributed by atoms with van der Waals surface area (Å²) in [5.74, 6) is 0.617. The Hall–Kier alpha value is -2.66. The van der Waals surface area contributed by atoms with Crippen LogP contribution in [0.5, 0.6) is 0 Å². The Morgan fingerprint density at radius 3 is 2.76 bits per heavy atom. The van der Waals surface area contributed by atoms with E-state index in [1.54, 1.807) is 12.1 Å². The highest BCUT2D eigenvalue weighted by Gasteiger charge is 2.07. The van der Waals surface area contributed by atoms with E-state index in [-0.39, 0.29) is 5.28 Å². The minimum absolute atomic E-state index is 0.180. The zero-order valence-corrected chi connectivity index (χ0v) is 11.7. The first-order chi connectivity index (χ1) is 10.2. The number of fused-ring (bicyclic) bond motifs is 1. The molecule has 0 aliphatic carbocycles. The molecule has 5 nitrogen and oxygen atoms in total. The van der Waals surface area contributed by atoms with Gasteiger partial charge in [0.1, 0.15) is 5.82 Å². The van der Waals surface area contributed by atoms with Crippen LogP contribution in [0.25, 0.3) is 10.9 Å². The van der Waals surface area contributed by atoms with E-state index in [1.165, 1.54) is 6.21 Å². The standard InChI is InChI=1S/C15H12ClN5/c16-15-20-13-4-2-1-3-11(13)14(21-15)19-10-5-6-12(18)9(7-10)8-17/h1-8,17H,18H2,(H,19,20,21). The molecule has 21 heavy (non-hydrogen) atoms. The van der Waals surface area contributed by atoms with Gasteiger partial charge in [0.25, 0.3) is 0 Å². The van der Waals surface area contributed by atoms with Gasteiger partial charge in [0.05, 0.1) is 5.52 Å². The lowest BCUT2D eigenvalue weighted by Crippen LogP contribution is -1.99. The highest BCUT2D eigenvalue weighted by Crippen LogP contribution is 2.26. The summed E-state index contributed by atoms with van der Waals surface area (Å²) in [5.41, 5.74) is 8.53. The van der Waals surface area contributed by atoms with Crippen LogP contribution in [0.15, 0.2) is 42.5 Å². The third-order valence-corrected chi connectivity index (χ3v) is 3.25. The number of rotatable bonds is 3. The Balaban J connectivity index is 2.07. The summed E-state index contributed by atoms with van der Waals surface area (Å²) in [4.78, 5) is 8.41. The molecule has 0 aliphatic heterocycles. The van der Waals surface area contributed by atoms with Gasteiger partial charge in [-0.3, -0.25) is 0 Å². The topological polar surface area (TPSA) is 87.7 Å². The Kier molecular flexibility index (Phi) is 3.41. The highest BCUT2D eigenvalue weighted by atomic mass is 35.5. The van der Waals surface area contributed by atoms with Gasteiger partial charge in [0.15, 0.2) is 0 Å². The Bertz CT molecular complexity index is 831. The Morgan fingerprint density at radius 2 is 1.95 bits per heavy atom. The number of nitrogens with one attached hydrogen (secondary N) is 2. The summed E-state index contributed by atoms with van der Waals surface area (Å²) in [7, 11) is 0. The summed E-state index contributed by atoms with van der Waals surface area (Å²) >= 11 is 5.96. The number of para-hydroxylation sites is 1.